The van der Waals surface area contributed by atoms with Crippen molar-refractivity contribution in [2.24, 2.45) is 5.41 Å². The van der Waals surface area contributed by atoms with Crippen LogP contribution in [0.3, 0.4) is 0 Å². The summed E-state index contributed by atoms with van der Waals surface area (Å²) in [5.74, 6) is 0. The van der Waals surface area contributed by atoms with Gasteiger partial charge in [0.2, 0.25) is 0 Å². The molecule has 2 rings (SSSR count). The summed E-state index contributed by atoms with van der Waals surface area (Å²) in [4.78, 5) is 0. The molecule has 0 unspecified atom stereocenters. The third-order valence-corrected chi connectivity index (χ3v) is 2.51. The second-order valence-electron chi connectivity index (χ2n) is 5.34. The van der Waals surface area contributed by atoms with Crippen LogP contribution in [-0.4, -0.2) is 22.9 Å². The van der Waals surface area contributed by atoms with E-state index in [9.17, 15) is 0 Å². The maximum absolute atomic E-state index is 4.59. The Kier molecular flexibility index (Phi) is 2.35. The molecule has 1 saturated heterocycles. The molecule has 0 saturated carbocycles. The summed E-state index contributed by atoms with van der Waals surface area (Å²) >= 11 is 0. The van der Waals surface area contributed by atoms with Gasteiger partial charge in [0.1, 0.15) is 0 Å². The molecule has 0 bridgehead atoms. The van der Waals surface area contributed by atoms with E-state index in [1.807, 2.05) is 0 Å². The summed E-state index contributed by atoms with van der Waals surface area (Å²) in [5, 5.41) is 7.85. The molecule has 1 aliphatic heterocycles. The topological polar surface area (TPSA) is 29.9 Å². The van der Waals surface area contributed by atoms with Crippen molar-refractivity contribution in [1.82, 2.24) is 15.1 Å². The van der Waals surface area contributed by atoms with Crippen molar-refractivity contribution in [1.29, 1.82) is 0 Å². The molecule has 78 valence electrons. The van der Waals surface area contributed by atoms with Crippen molar-refractivity contribution >= 4 is 0 Å². The van der Waals surface area contributed by atoms with Crippen molar-refractivity contribution in [3.05, 3.63) is 18.0 Å². The van der Waals surface area contributed by atoms with E-state index in [4.69, 9.17) is 0 Å². The summed E-state index contributed by atoms with van der Waals surface area (Å²) in [6.07, 6.45) is 3.16. The largest absolute Gasteiger partial charge is 0.312 e. The highest BCUT2D eigenvalue weighted by molar-refractivity contribution is 5.03. The molecule has 1 N–H and O–H groups in total. The van der Waals surface area contributed by atoms with Gasteiger partial charge < -0.3 is 5.32 Å². The molecule has 0 atom stereocenters. The Bertz CT molecular complexity index is 305. The smallest absolute Gasteiger partial charge is 0.0767 e. The van der Waals surface area contributed by atoms with Crippen molar-refractivity contribution in [3.8, 4) is 0 Å². The molecule has 0 aliphatic carbocycles. The fraction of sp³-hybridized carbons (Fsp3) is 0.727. The molecule has 3 heteroatoms. The maximum atomic E-state index is 4.59. The zero-order valence-corrected chi connectivity index (χ0v) is 9.25. The molecule has 0 radical (unpaired) electrons. The van der Waals surface area contributed by atoms with Crippen molar-refractivity contribution in [2.75, 3.05) is 13.1 Å². The van der Waals surface area contributed by atoms with Gasteiger partial charge in [-0.3, -0.25) is 4.68 Å². The minimum atomic E-state index is 0.330. The quantitative estimate of drug-likeness (QED) is 0.773. The Morgan fingerprint density at radius 2 is 2.21 bits per heavy atom. The van der Waals surface area contributed by atoms with Crippen LogP contribution in [0.2, 0.25) is 0 Å². The van der Waals surface area contributed by atoms with Gasteiger partial charge in [0.25, 0.3) is 0 Å². The highest BCUT2D eigenvalue weighted by Gasteiger charge is 2.20. The summed E-state index contributed by atoms with van der Waals surface area (Å²) in [7, 11) is 0. The van der Waals surface area contributed by atoms with Crippen LogP contribution >= 0.6 is 0 Å². The third kappa shape index (κ3) is 2.15. The molecule has 0 amide bonds. The zero-order chi connectivity index (χ0) is 10.2. The van der Waals surface area contributed by atoms with E-state index in [1.165, 1.54) is 5.69 Å². The minimum absolute atomic E-state index is 0.330. The van der Waals surface area contributed by atoms with Gasteiger partial charge in [-0.25, -0.2) is 0 Å². The van der Waals surface area contributed by atoms with Gasteiger partial charge in [0.05, 0.1) is 11.7 Å². The first-order valence-corrected chi connectivity index (χ1v) is 5.29. The Morgan fingerprint density at radius 3 is 2.71 bits per heavy atom. The number of aromatic nitrogens is 2. The first kappa shape index (κ1) is 9.71. The standard InChI is InChI=1S/C11H19N3/c1-11(2,3)6-9-4-5-14(13-9)10-7-12-8-10/h4-5,10,12H,6-8H2,1-3H3. The summed E-state index contributed by atoms with van der Waals surface area (Å²) in [5.41, 5.74) is 1.54. The lowest BCUT2D eigenvalue weighted by Crippen LogP contribution is -2.43. The predicted molar refractivity (Wildman–Crippen MR) is 57.3 cm³/mol. The molecular weight excluding hydrogens is 174 g/mol. The first-order valence-electron chi connectivity index (χ1n) is 5.29. The molecule has 0 spiro atoms. The van der Waals surface area contributed by atoms with E-state index in [0.717, 1.165) is 19.5 Å². The Labute approximate surface area is 85.5 Å². The maximum Gasteiger partial charge on any atom is 0.0767 e. The van der Waals surface area contributed by atoms with Gasteiger partial charge in [-0.05, 0) is 17.9 Å². The highest BCUT2D eigenvalue weighted by Crippen LogP contribution is 2.20. The van der Waals surface area contributed by atoms with Crippen molar-refractivity contribution in [3.63, 3.8) is 0 Å². The lowest BCUT2D eigenvalue weighted by atomic mass is 9.91. The van der Waals surface area contributed by atoms with Crippen LogP contribution in [0.25, 0.3) is 0 Å². The fourth-order valence-corrected chi connectivity index (χ4v) is 1.68. The molecule has 1 aliphatic rings. The Morgan fingerprint density at radius 1 is 1.50 bits per heavy atom. The summed E-state index contributed by atoms with van der Waals surface area (Å²) in [6.45, 7) is 8.87. The van der Waals surface area contributed by atoms with Crippen LogP contribution in [-0.2, 0) is 6.42 Å². The second-order valence-corrected chi connectivity index (χ2v) is 5.34. The van der Waals surface area contributed by atoms with Gasteiger partial charge >= 0.3 is 0 Å². The molecule has 2 heterocycles. The molecule has 1 fully saturated rings. The highest BCUT2D eigenvalue weighted by atomic mass is 15.3. The number of hydrogen-bond donors (Lipinski definition) is 1. The molecular formula is C11H19N3. The average Bonchev–Trinajstić information content (AvgIpc) is 2.28. The second kappa shape index (κ2) is 3.39. The lowest BCUT2D eigenvalue weighted by Gasteiger charge is -2.27. The van der Waals surface area contributed by atoms with Crippen LogP contribution in [0.4, 0.5) is 0 Å². The van der Waals surface area contributed by atoms with Gasteiger partial charge in [-0.2, -0.15) is 5.10 Å². The lowest BCUT2D eigenvalue weighted by molar-refractivity contribution is 0.314. The fourth-order valence-electron chi connectivity index (χ4n) is 1.68. The number of nitrogens with one attached hydrogen (secondary N) is 1. The molecule has 3 nitrogen and oxygen atoms in total. The van der Waals surface area contributed by atoms with Gasteiger partial charge in [-0.15, -0.1) is 0 Å². The van der Waals surface area contributed by atoms with Crippen LogP contribution in [0.5, 0.6) is 0 Å². The van der Waals surface area contributed by atoms with Crippen LogP contribution in [0.15, 0.2) is 12.3 Å². The summed E-state index contributed by atoms with van der Waals surface area (Å²) in [6, 6.07) is 2.73. The van der Waals surface area contributed by atoms with Crippen LogP contribution in [0.1, 0.15) is 32.5 Å². The minimum Gasteiger partial charge on any atom is -0.312 e. The molecule has 14 heavy (non-hydrogen) atoms. The van der Waals surface area contributed by atoms with Gasteiger partial charge in [0, 0.05) is 19.3 Å². The summed E-state index contributed by atoms with van der Waals surface area (Å²) < 4.78 is 2.09. The van der Waals surface area contributed by atoms with Crippen molar-refractivity contribution < 1.29 is 0 Å². The van der Waals surface area contributed by atoms with Crippen LogP contribution < -0.4 is 5.32 Å². The van der Waals surface area contributed by atoms with E-state index >= 15 is 0 Å². The van der Waals surface area contributed by atoms with Gasteiger partial charge in [-0.1, -0.05) is 20.8 Å². The van der Waals surface area contributed by atoms with E-state index < -0.39 is 0 Å². The Balaban J connectivity index is 2.02. The molecule has 1 aromatic heterocycles. The monoisotopic (exact) mass is 193 g/mol. The van der Waals surface area contributed by atoms with E-state index in [-0.39, 0.29) is 0 Å². The van der Waals surface area contributed by atoms with E-state index in [2.05, 4.69) is 48.1 Å². The number of rotatable bonds is 2. The van der Waals surface area contributed by atoms with E-state index in [0.29, 0.717) is 11.5 Å². The average molecular weight is 193 g/mol. The SMILES string of the molecule is CC(C)(C)Cc1ccn(C2CNC2)n1. The van der Waals surface area contributed by atoms with Crippen molar-refractivity contribution in [2.45, 2.75) is 33.2 Å². The van der Waals surface area contributed by atoms with E-state index in [1.54, 1.807) is 0 Å². The van der Waals surface area contributed by atoms with Gasteiger partial charge in [0.15, 0.2) is 0 Å². The predicted octanol–water partition coefficient (Wildman–Crippen LogP) is 1.62. The Hall–Kier alpha value is -0.830. The van der Waals surface area contributed by atoms with Crippen LogP contribution in [0, 0.1) is 5.41 Å². The first-order chi connectivity index (χ1) is 6.54. The normalized spacial score (nSPS) is 18.2. The number of hydrogen-bond acceptors (Lipinski definition) is 2. The number of nitrogens with zero attached hydrogens (tertiary/aromatic N) is 2. The third-order valence-electron chi connectivity index (χ3n) is 2.51. The zero-order valence-electron chi connectivity index (χ0n) is 9.25. The molecule has 0 aromatic carbocycles. The molecule has 1 aromatic rings.